The Hall–Kier alpha value is -3.02. The van der Waals surface area contributed by atoms with Gasteiger partial charge < -0.3 is 4.90 Å². The fourth-order valence-corrected chi connectivity index (χ4v) is 4.22. The molecule has 30 heavy (non-hydrogen) atoms. The molecule has 2 aliphatic heterocycles. The molecule has 2 aromatic carbocycles. The maximum Gasteiger partial charge on any atom is 0.277 e. The SMILES string of the molecule is CC1CCCN(C2=C(c3ccc(F)cc3)C(=O)N(CCc3ccc(F)cc3)C2=O)C1. The zero-order chi connectivity index (χ0) is 21.3. The van der Waals surface area contributed by atoms with Crippen molar-refractivity contribution in [1.82, 2.24) is 9.80 Å². The van der Waals surface area contributed by atoms with Gasteiger partial charge in [0.25, 0.3) is 11.8 Å². The third kappa shape index (κ3) is 3.99. The minimum absolute atomic E-state index is 0.209. The van der Waals surface area contributed by atoms with Crippen molar-refractivity contribution in [3.8, 4) is 0 Å². The number of imide groups is 1. The first-order chi connectivity index (χ1) is 14.4. The lowest BCUT2D eigenvalue weighted by molar-refractivity contribution is -0.137. The number of nitrogens with zero attached hydrogens (tertiary/aromatic N) is 2. The number of piperidine rings is 1. The lowest BCUT2D eigenvalue weighted by Crippen LogP contribution is -2.39. The molecule has 1 unspecified atom stereocenters. The molecule has 0 aromatic heterocycles. The van der Waals surface area contributed by atoms with Crippen molar-refractivity contribution in [3.63, 3.8) is 0 Å². The maximum atomic E-state index is 13.4. The highest BCUT2D eigenvalue weighted by atomic mass is 19.1. The molecule has 0 aliphatic carbocycles. The molecule has 1 atom stereocenters. The van der Waals surface area contributed by atoms with Gasteiger partial charge in [0.2, 0.25) is 0 Å². The molecule has 1 saturated heterocycles. The number of hydrogen-bond acceptors (Lipinski definition) is 3. The highest BCUT2D eigenvalue weighted by Gasteiger charge is 2.41. The van der Waals surface area contributed by atoms with Crippen molar-refractivity contribution in [2.75, 3.05) is 19.6 Å². The van der Waals surface area contributed by atoms with Gasteiger partial charge in [-0.15, -0.1) is 0 Å². The Labute approximate surface area is 174 Å². The average Bonchev–Trinajstić information content (AvgIpc) is 2.98. The molecule has 0 bridgehead atoms. The summed E-state index contributed by atoms with van der Waals surface area (Å²) in [6, 6.07) is 11.7. The number of carbonyl (C=O) groups is 2. The van der Waals surface area contributed by atoms with Crippen LogP contribution in [0.2, 0.25) is 0 Å². The van der Waals surface area contributed by atoms with Crippen LogP contribution in [0.1, 0.15) is 30.9 Å². The van der Waals surface area contributed by atoms with E-state index in [1.54, 1.807) is 24.3 Å². The summed E-state index contributed by atoms with van der Waals surface area (Å²) in [5.74, 6) is -0.958. The highest BCUT2D eigenvalue weighted by Crippen LogP contribution is 2.34. The van der Waals surface area contributed by atoms with E-state index < -0.39 is 5.82 Å². The summed E-state index contributed by atoms with van der Waals surface area (Å²) in [6.45, 7) is 3.78. The average molecular weight is 410 g/mol. The third-order valence-electron chi connectivity index (χ3n) is 5.79. The van der Waals surface area contributed by atoms with E-state index in [0.29, 0.717) is 35.7 Å². The van der Waals surface area contributed by atoms with Gasteiger partial charge in [-0.25, -0.2) is 8.78 Å². The van der Waals surface area contributed by atoms with E-state index in [-0.39, 0.29) is 24.2 Å². The molecule has 2 amide bonds. The smallest absolute Gasteiger partial charge is 0.277 e. The fourth-order valence-electron chi connectivity index (χ4n) is 4.22. The van der Waals surface area contributed by atoms with Crippen LogP contribution in [0.3, 0.4) is 0 Å². The highest BCUT2D eigenvalue weighted by molar-refractivity contribution is 6.35. The molecule has 1 fully saturated rings. The first-order valence-electron chi connectivity index (χ1n) is 10.3. The molecule has 0 saturated carbocycles. The Kier molecular flexibility index (Phi) is 5.66. The molecular formula is C24H24F2N2O2. The van der Waals surface area contributed by atoms with Gasteiger partial charge in [-0.2, -0.15) is 0 Å². The Morgan fingerprint density at radius 1 is 0.933 bits per heavy atom. The topological polar surface area (TPSA) is 40.6 Å². The molecule has 156 valence electrons. The number of rotatable bonds is 5. The molecule has 0 N–H and O–H groups in total. The van der Waals surface area contributed by atoms with Crippen molar-refractivity contribution in [2.24, 2.45) is 5.92 Å². The van der Waals surface area contributed by atoms with Crippen LogP contribution in [-0.2, 0) is 16.0 Å². The Balaban J connectivity index is 1.64. The quantitative estimate of drug-likeness (QED) is 0.699. The standard InChI is InChI=1S/C24H24F2N2O2/c1-16-3-2-13-27(15-16)22-21(18-6-10-20(26)11-7-18)23(29)28(24(22)30)14-12-17-4-8-19(25)9-5-17/h4-11,16H,2-3,12-15H2,1H3. The lowest BCUT2D eigenvalue weighted by atomic mass is 9.98. The van der Waals surface area contributed by atoms with Crippen LogP contribution in [0.4, 0.5) is 8.78 Å². The summed E-state index contributed by atoms with van der Waals surface area (Å²) in [6.07, 6.45) is 2.49. The lowest BCUT2D eigenvalue weighted by Gasteiger charge is -2.33. The number of halogens is 2. The van der Waals surface area contributed by atoms with Crippen LogP contribution in [0.5, 0.6) is 0 Å². The first kappa shape index (κ1) is 20.3. The van der Waals surface area contributed by atoms with Crippen LogP contribution in [-0.4, -0.2) is 41.2 Å². The number of amides is 2. The van der Waals surface area contributed by atoms with Gasteiger partial charge >= 0.3 is 0 Å². The van der Waals surface area contributed by atoms with Gasteiger partial charge in [0.15, 0.2) is 0 Å². The zero-order valence-electron chi connectivity index (χ0n) is 16.9. The van der Waals surface area contributed by atoms with Crippen LogP contribution in [0.15, 0.2) is 54.2 Å². The molecular weight excluding hydrogens is 386 g/mol. The van der Waals surface area contributed by atoms with Crippen molar-refractivity contribution in [3.05, 3.63) is 77.0 Å². The molecule has 2 aromatic rings. The van der Waals surface area contributed by atoms with Crippen LogP contribution < -0.4 is 0 Å². The molecule has 4 rings (SSSR count). The fraction of sp³-hybridized carbons (Fsp3) is 0.333. The predicted molar refractivity (Wildman–Crippen MR) is 110 cm³/mol. The summed E-state index contributed by atoms with van der Waals surface area (Å²) in [4.78, 5) is 29.9. The second-order valence-corrected chi connectivity index (χ2v) is 8.06. The molecule has 4 nitrogen and oxygen atoms in total. The van der Waals surface area contributed by atoms with Crippen molar-refractivity contribution < 1.29 is 18.4 Å². The first-order valence-corrected chi connectivity index (χ1v) is 10.3. The number of likely N-dealkylation sites (tertiary alicyclic amines) is 1. The van der Waals surface area contributed by atoms with E-state index in [2.05, 4.69) is 6.92 Å². The van der Waals surface area contributed by atoms with Crippen molar-refractivity contribution >= 4 is 17.4 Å². The summed E-state index contributed by atoms with van der Waals surface area (Å²) in [7, 11) is 0. The van der Waals surface area contributed by atoms with E-state index in [1.807, 2.05) is 4.90 Å². The van der Waals surface area contributed by atoms with E-state index in [9.17, 15) is 18.4 Å². The van der Waals surface area contributed by atoms with Gasteiger partial charge in [-0.05, 0) is 60.6 Å². The second kappa shape index (κ2) is 8.38. The molecule has 6 heteroatoms. The summed E-state index contributed by atoms with van der Waals surface area (Å²) < 4.78 is 26.6. The Bertz CT molecular complexity index is 983. The van der Waals surface area contributed by atoms with E-state index >= 15 is 0 Å². The molecule has 0 radical (unpaired) electrons. The molecule has 2 aliphatic rings. The third-order valence-corrected chi connectivity index (χ3v) is 5.79. The van der Waals surface area contributed by atoms with Crippen molar-refractivity contribution in [2.45, 2.75) is 26.2 Å². The van der Waals surface area contributed by atoms with E-state index in [0.717, 1.165) is 24.9 Å². The van der Waals surface area contributed by atoms with Crippen molar-refractivity contribution in [1.29, 1.82) is 0 Å². The molecule has 2 heterocycles. The zero-order valence-corrected chi connectivity index (χ0v) is 16.9. The van der Waals surface area contributed by atoms with Gasteiger partial charge in [-0.1, -0.05) is 31.2 Å². The Morgan fingerprint density at radius 2 is 1.57 bits per heavy atom. The van der Waals surface area contributed by atoms with Crippen LogP contribution in [0.25, 0.3) is 5.57 Å². The summed E-state index contributed by atoms with van der Waals surface area (Å²) in [5, 5.41) is 0. The number of hydrogen-bond donors (Lipinski definition) is 0. The normalized spacial score (nSPS) is 19.8. The van der Waals surface area contributed by atoms with Crippen LogP contribution >= 0.6 is 0 Å². The van der Waals surface area contributed by atoms with Gasteiger partial charge in [-0.3, -0.25) is 14.5 Å². The largest absolute Gasteiger partial charge is 0.366 e. The van der Waals surface area contributed by atoms with E-state index in [1.165, 1.54) is 29.2 Å². The second-order valence-electron chi connectivity index (χ2n) is 8.06. The van der Waals surface area contributed by atoms with Gasteiger partial charge in [0.1, 0.15) is 17.3 Å². The van der Waals surface area contributed by atoms with Gasteiger partial charge in [0.05, 0.1) is 5.57 Å². The number of carbonyl (C=O) groups excluding carboxylic acids is 2. The predicted octanol–water partition coefficient (Wildman–Crippen LogP) is 4.02. The maximum absolute atomic E-state index is 13.4. The van der Waals surface area contributed by atoms with Crippen LogP contribution in [0, 0.1) is 17.6 Å². The number of benzene rings is 2. The minimum Gasteiger partial charge on any atom is -0.366 e. The van der Waals surface area contributed by atoms with E-state index in [4.69, 9.17) is 0 Å². The summed E-state index contributed by atoms with van der Waals surface area (Å²) >= 11 is 0. The minimum atomic E-state index is -0.391. The van der Waals surface area contributed by atoms with Gasteiger partial charge in [0, 0.05) is 19.6 Å². The Morgan fingerprint density at radius 3 is 2.20 bits per heavy atom. The molecule has 0 spiro atoms. The summed E-state index contributed by atoms with van der Waals surface area (Å²) in [5.41, 5.74) is 2.15. The monoisotopic (exact) mass is 410 g/mol.